The Kier molecular flexibility index (Phi) is 23.0. The van der Waals surface area contributed by atoms with Crippen molar-refractivity contribution in [3.63, 3.8) is 0 Å². The minimum Gasteiger partial charge on any atom is -0.382 e. The van der Waals surface area contributed by atoms with Gasteiger partial charge in [0.25, 0.3) is 0 Å². The fraction of sp³-hybridized carbons (Fsp3) is 0.875. The predicted molar refractivity (Wildman–Crippen MR) is 117 cm³/mol. The molecule has 0 bridgehead atoms. The van der Waals surface area contributed by atoms with Gasteiger partial charge in [0.15, 0.2) is 0 Å². The summed E-state index contributed by atoms with van der Waals surface area (Å²) in [6.45, 7) is 6.08. The van der Waals surface area contributed by atoms with Gasteiger partial charge in [-0.3, -0.25) is 0 Å². The smallest absolute Gasteiger partial charge is 0.0701 e. The fourth-order valence-corrected chi connectivity index (χ4v) is 3.77. The highest BCUT2D eigenvalue weighted by molar-refractivity contribution is 8.21. The van der Waals surface area contributed by atoms with Crippen LogP contribution in [0.3, 0.4) is 0 Å². The van der Waals surface area contributed by atoms with E-state index in [1.165, 1.54) is 0 Å². The van der Waals surface area contributed by atoms with Crippen molar-refractivity contribution < 1.29 is 28.4 Å². The molecular formula is C16H32O6S4. The lowest BCUT2D eigenvalue weighted by atomic mass is 10.7. The van der Waals surface area contributed by atoms with Crippen LogP contribution in [0.2, 0.25) is 0 Å². The van der Waals surface area contributed by atoms with Gasteiger partial charge in [0, 0.05) is 25.7 Å². The first-order valence-electron chi connectivity index (χ1n) is 8.39. The number of methoxy groups -OCH3 is 2. The summed E-state index contributed by atoms with van der Waals surface area (Å²) in [4.78, 5) is 0. The Morgan fingerprint density at radius 1 is 0.538 bits per heavy atom. The number of rotatable bonds is 20. The first-order chi connectivity index (χ1) is 12.7. The molecule has 0 aliphatic carbocycles. The average molecular weight is 449 g/mol. The molecule has 156 valence electrons. The van der Waals surface area contributed by atoms with E-state index in [0.717, 1.165) is 20.0 Å². The van der Waals surface area contributed by atoms with E-state index in [4.69, 9.17) is 28.4 Å². The maximum atomic E-state index is 5.49. The molecule has 0 unspecified atom stereocenters. The minimum atomic E-state index is 0.586. The van der Waals surface area contributed by atoms with E-state index in [2.05, 4.69) is 25.3 Å². The van der Waals surface area contributed by atoms with Crippen LogP contribution < -0.4 is 0 Å². The third kappa shape index (κ3) is 19.7. The van der Waals surface area contributed by atoms with Crippen molar-refractivity contribution in [3.8, 4) is 0 Å². The van der Waals surface area contributed by atoms with Crippen LogP contribution in [0.25, 0.3) is 0 Å². The highest BCUT2D eigenvalue weighted by Crippen LogP contribution is 2.32. The Morgan fingerprint density at radius 2 is 0.846 bits per heavy atom. The maximum absolute atomic E-state index is 5.49. The second-order valence-electron chi connectivity index (χ2n) is 4.74. The predicted octanol–water partition coefficient (Wildman–Crippen LogP) is 2.80. The van der Waals surface area contributed by atoms with Gasteiger partial charge in [-0.25, -0.2) is 0 Å². The summed E-state index contributed by atoms with van der Waals surface area (Å²) in [5.74, 6) is 1.66. The van der Waals surface area contributed by atoms with Crippen molar-refractivity contribution in [1.82, 2.24) is 0 Å². The monoisotopic (exact) mass is 448 g/mol. The zero-order valence-electron chi connectivity index (χ0n) is 15.6. The topological polar surface area (TPSA) is 55.4 Å². The fourth-order valence-electron chi connectivity index (χ4n) is 1.45. The summed E-state index contributed by atoms with van der Waals surface area (Å²) in [5, 5.41) is 0. The highest BCUT2D eigenvalue weighted by Gasteiger charge is 2.02. The molecule has 6 nitrogen and oxygen atoms in total. The lowest BCUT2D eigenvalue weighted by molar-refractivity contribution is 0.0286. The normalized spacial score (nSPS) is 12.5. The number of hydrogen-bond donors (Lipinski definition) is 2. The first-order valence-corrected chi connectivity index (χ1v) is 11.3. The van der Waals surface area contributed by atoms with Crippen LogP contribution in [0.4, 0.5) is 0 Å². The van der Waals surface area contributed by atoms with Crippen molar-refractivity contribution in [2.75, 3.05) is 91.8 Å². The Labute approximate surface area is 177 Å². The maximum Gasteiger partial charge on any atom is 0.0701 e. The molecule has 0 saturated carbocycles. The van der Waals surface area contributed by atoms with Crippen molar-refractivity contribution in [3.05, 3.63) is 8.47 Å². The summed E-state index contributed by atoms with van der Waals surface area (Å²) < 4.78 is 33.2. The van der Waals surface area contributed by atoms with Gasteiger partial charge >= 0.3 is 0 Å². The van der Waals surface area contributed by atoms with E-state index in [1.807, 2.05) is 0 Å². The molecule has 0 aromatic carbocycles. The largest absolute Gasteiger partial charge is 0.382 e. The van der Waals surface area contributed by atoms with Crippen LogP contribution >= 0.6 is 48.8 Å². The molecule has 0 amide bonds. The second-order valence-corrected chi connectivity index (χ2v) is 8.45. The molecule has 0 aromatic rings. The molecule has 10 heteroatoms. The molecule has 26 heavy (non-hydrogen) atoms. The number of thioether (sulfide) groups is 2. The Bertz CT molecular complexity index is 304. The standard InChI is InChI=1S/C16H32O6S4/c1-17-3-5-19-7-9-21-11-13-25-15(23)16(24)26-14-12-22-10-8-20-6-4-18-2/h23-24H,3-14H2,1-2H3/b16-15-. The molecule has 0 fully saturated rings. The third-order valence-electron chi connectivity index (χ3n) is 2.72. The number of ether oxygens (including phenoxy) is 6. The quantitative estimate of drug-likeness (QED) is 0.218. The van der Waals surface area contributed by atoms with Gasteiger partial charge in [-0.05, 0) is 0 Å². The molecule has 0 radical (unpaired) electrons. The van der Waals surface area contributed by atoms with Gasteiger partial charge in [-0.15, -0.1) is 48.8 Å². The molecule has 0 spiro atoms. The SMILES string of the molecule is COCCOCCOCCS/C(S)=C(/S)SCCOCCOCCOC. The van der Waals surface area contributed by atoms with Gasteiger partial charge in [-0.2, -0.15) is 0 Å². The first kappa shape index (κ1) is 26.9. The lowest BCUT2D eigenvalue weighted by Gasteiger charge is -2.08. The van der Waals surface area contributed by atoms with E-state index < -0.39 is 0 Å². The van der Waals surface area contributed by atoms with Crippen molar-refractivity contribution in [2.45, 2.75) is 0 Å². The third-order valence-corrected chi connectivity index (χ3v) is 6.25. The molecule has 0 aromatic heterocycles. The zero-order valence-corrected chi connectivity index (χ0v) is 19.1. The van der Waals surface area contributed by atoms with Crippen LogP contribution in [0.5, 0.6) is 0 Å². The van der Waals surface area contributed by atoms with Gasteiger partial charge in [0.1, 0.15) is 0 Å². The van der Waals surface area contributed by atoms with E-state index in [0.29, 0.717) is 66.1 Å². The lowest BCUT2D eigenvalue weighted by Crippen LogP contribution is -2.09. The second kappa shape index (κ2) is 22.2. The molecular weight excluding hydrogens is 416 g/mol. The molecule has 0 aliphatic heterocycles. The van der Waals surface area contributed by atoms with Gasteiger partial charge < -0.3 is 28.4 Å². The van der Waals surface area contributed by atoms with Crippen LogP contribution in [0.1, 0.15) is 0 Å². The van der Waals surface area contributed by atoms with E-state index >= 15 is 0 Å². The number of hydrogen-bond acceptors (Lipinski definition) is 10. The van der Waals surface area contributed by atoms with Crippen molar-refractivity contribution in [1.29, 1.82) is 0 Å². The summed E-state index contributed by atoms with van der Waals surface area (Å²) in [5.41, 5.74) is 0. The molecule has 0 heterocycles. The molecule has 0 atom stereocenters. The summed E-state index contributed by atoms with van der Waals surface area (Å²) >= 11 is 12.2. The van der Waals surface area contributed by atoms with Crippen LogP contribution in [-0.2, 0) is 28.4 Å². The van der Waals surface area contributed by atoms with Gasteiger partial charge in [0.2, 0.25) is 0 Å². The van der Waals surface area contributed by atoms with Crippen molar-refractivity contribution >= 4 is 48.8 Å². The Balaban J connectivity index is 3.43. The van der Waals surface area contributed by atoms with E-state index in [-0.39, 0.29) is 0 Å². The summed E-state index contributed by atoms with van der Waals surface area (Å²) in [6, 6.07) is 0. The van der Waals surface area contributed by atoms with Crippen LogP contribution in [-0.4, -0.2) is 91.8 Å². The number of thiol groups is 2. The van der Waals surface area contributed by atoms with Gasteiger partial charge in [-0.1, -0.05) is 0 Å². The summed E-state index contributed by atoms with van der Waals surface area (Å²) in [7, 11) is 3.31. The molecule has 0 N–H and O–H groups in total. The highest BCUT2D eigenvalue weighted by atomic mass is 32.2. The molecule has 0 rings (SSSR count). The van der Waals surface area contributed by atoms with Crippen LogP contribution in [0, 0.1) is 0 Å². The molecule has 0 aliphatic rings. The minimum absolute atomic E-state index is 0.586. The zero-order chi connectivity index (χ0) is 19.3. The summed E-state index contributed by atoms with van der Waals surface area (Å²) in [6.07, 6.45) is 0. The Morgan fingerprint density at radius 3 is 1.19 bits per heavy atom. The average Bonchev–Trinajstić information content (AvgIpc) is 2.65. The van der Waals surface area contributed by atoms with E-state index in [1.54, 1.807) is 37.7 Å². The van der Waals surface area contributed by atoms with E-state index in [9.17, 15) is 0 Å². The molecule has 0 saturated heterocycles. The van der Waals surface area contributed by atoms with Crippen LogP contribution in [0.15, 0.2) is 8.47 Å². The Hall–Kier alpha value is 0.900. The van der Waals surface area contributed by atoms with Gasteiger partial charge in [0.05, 0.1) is 74.5 Å². The van der Waals surface area contributed by atoms with Crippen molar-refractivity contribution in [2.24, 2.45) is 0 Å².